The average molecular weight is 268 g/mol. The first-order valence-corrected chi connectivity index (χ1v) is 7.11. The van der Waals surface area contributed by atoms with Crippen molar-refractivity contribution in [3.8, 4) is 0 Å². The van der Waals surface area contributed by atoms with Gasteiger partial charge in [0.1, 0.15) is 0 Å². The van der Waals surface area contributed by atoms with E-state index in [1.165, 1.54) is 7.11 Å². The van der Waals surface area contributed by atoms with Crippen LogP contribution in [0, 0.1) is 11.3 Å². The Hall–Kier alpha value is -1.10. The zero-order chi connectivity index (χ0) is 13.9. The first-order chi connectivity index (χ1) is 9.09. The van der Waals surface area contributed by atoms with Crippen LogP contribution in [0.4, 0.5) is 0 Å². The SMILES string of the molecule is COC(=O)CCCN(C)C(=O)C1CC12CCNCC2. The Balaban J connectivity index is 1.73. The minimum Gasteiger partial charge on any atom is -0.469 e. The van der Waals surface area contributed by atoms with E-state index in [9.17, 15) is 9.59 Å². The first kappa shape index (κ1) is 14.3. The number of carbonyl (C=O) groups is 2. The van der Waals surface area contributed by atoms with E-state index >= 15 is 0 Å². The molecule has 5 heteroatoms. The van der Waals surface area contributed by atoms with Crippen molar-refractivity contribution in [1.29, 1.82) is 0 Å². The molecule has 1 saturated heterocycles. The number of piperidine rings is 1. The molecular weight excluding hydrogens is 244 g/mol. The second kappa shape index (κ2) is 5.90. The van der Waals surface area contributed by atoms with Gasteiger partial charge in [0.05, 0.1) is 7.11 Å². The summed E-state index contributed by atoms with van der Waals surface area (Å²) in [6.07, 6.45) is 4.36. The monoisotopic (exact) mass is 268 g/mol. The molecule has 0 radical (unpaired) electrons. The molecule has 1 aliphatic carbocycles. The Morgan fingerprint density at radius 1 is 1.37 bits per heavy atom. The third-order valence-electron chi connectivity index (χ3n) is 4.57. The lowest BCUT2D eigenvalue weighted by Crippen LogP contribution is -2.35. The molecule has 0 aromatic carbocycles. The van der Waals surface area contributed by atoms with Gasteiger partial charge in [0.15, 0.2) is 0 Å². The standard InChI is InChI=1S/C14H24N2O3/c1-16(9-3-4-12(17)19-2)13(18)11-10-14(11)5-7-15-8-6-14/h11,15H,3-10H2,1-2H3. The minimum atomic E-state index is -0.206. The molecule has 19 heavy (non-hydrogen) atoms. The first-order valence-electron chi connectivity index (χ1n) is 7.11. The van der Waals surface area contributed by atoms with Crippen molar-refractivity contribution in [3.05, 3.63) is 0 Å². The maximum absolute atomic E-state index is 12.3. The van der Waals surface area contributed by atoms with Crippen LogP contribution in [0.5, 0.6) is 0 Å². The third kappa shape index (κ3) is 3.26. The minimum absolute atomic E-state index is 0.206. The summed E-state index contributed by atoms with van der Waals surface area (Å²) in [4.78, 5) is 25.1. The van der Waals surface area contributed by atoms with Gasteiger partial charge in [-0.15, -0.1) is 0 Å². The van der Waals surface area contributed by atoms with E-state index in [0.29, 0.717) is 24.8 Å². The van der Waals surface area contributed by atoms with Crippen molar-refractivity contribution in [1.82, 2.24) is 10.2 Å². The number of carbonyl (C=O) groups excluding carboxylic acids is 2. The highest BCUT2D eigenvalue weighted by Gasteiger charge is 2.58. The molecule has 2 rings (SSSR count). The number of nitrogens with one attached hydrogen (secondary N) is 1. The Morgan fingerprint density at radius 3 is 2.68 bits per heavy atom. The number of methoxy groups -OCH3 is 1. The van der Waals surface area contributed by atoms with Crippen LogP contribution in [0.2, 0.25) is 0 Å². The Morgan fingerprint density at radius 2 is 2.05 bits per heavy atom. The van der Waals surface area contributed by atoms with E-state index < -0.39 is 0 Å². The molecule has 0 bridgehead atoms. The lowest BCUT2D eigenvalue weighted by Gasteiger charge is -2.25. The molecule has 1 unspecified atom stereocenters. The van der Waals surface area contributed by atoms with Gasteiger partial charge in [0, 0.05) is 25.9 Å². The molecular formula is C14H24N2O3. The molecule has 1 N–H and O–H groups in total. The molecule has 1 spiro atoms. The third-order valence-corrected chi connectivity index (χ3v) is 4.57. The summed E-state index contributed by atoms with van der Waals surface area (Å²) in [5.74, 6) is 0.270. The quantitative estimate of drug-likeness (QED) is 0.749. The summed E-state index contributed by atoms with van der Waals surface area (Å²) >= 11 is 0. The second-order valence-corrected chi connectivity index (χ2v) is 5.81. The van der Waals surface area contributed by atoms with Crippen molar-refractivity contribution in [2.75, 3.05) is 33.8 Å². The molecule has 1 amide bonds. The van der Waals surface area contributed by atoms with Gasteiger partial charge in [-0.25, -0.2) is 0 Å². The van der Waals surface area contributed by atoms with Gasteiger partial charge in [-0.3, -0.25) is 9.59 Å². The fraction of sp³-hybridized carbons (Fsp3) is 0.857. The molecule has 108 valence electrons. The van der Waals surface area contributed by atoms with Crippen molar-refractivity contribution in [2.45, 2.75) is 32.1 Å². The normalized spacial score (nSPS) is 24.0. The Labute approximate surface area is 114 Å². The maximum atomic E-state index is 12.3. The number of rotatable bonds is 5. The summed E-state index contributed by atoms with van der Waals surface area (Å²) in [7, 11) is 3.23. The summed E-state index contributed by atoms with van der Waals surface area (Å²) in [6.45, 7) is 2.71. The van der Waals surface area contributed by atoms with Gasteiger partial charge in [-0.1, -0.05) is 0 Å². The molecule has 5 nitrogen and oxygen atoms in total. The van der Waals surface area contributed by atoms with E-state index in [1.54, 1.807) is 4.90 Å². The topological polar surface area (TPSA) is 58.6 Å². The number of nitrogens with zero attached hydrogens (tertiary/aromatic N) is 1. The summed E-state index contributed by atoms with van der Waals surface area (Å²) in [6, 6.07) is 0. The van der Waals surface area contributed by atoms with Gasteiger partial charge in [-0.05, 0) is 44.2 Å². The van der Waals surface area contributed by atoms with Crippen LogP contribution >= 0.6 is 0 Å². The van der Waals surface area contributed by atoms with E-state index in [1.807, 2.05) is 7.05 Å². The predicted octanol–water partition coefficient (Wildman–Crippen LogP) is 0.788. The molecule has 2 aliphatic rings. The van der Waals surface area contributed by atoms with Crippen LogP contribution in [-0.4, -0.2) is 50.6 Å². The Kier molecular flexibility index (Phi) is 4.45. The molecule has 1 aliphatic heterocycles. The zero-order valence-electron chi connectivity index (χ0n) is 11.9. The van der Waals surface area contributed by atoms with Crippen LogP contribution in [0.3, 0.4) is 0 Å². The van der Waals surface area contributed by atoms with E-state index in [2.05, 4.69) is 10.1 Å². The van der Waals surface area contributed by atoms with Gasteiger partial charge >= 0.3 is 5.97 Å². The molecule has 0 aromatic rings. The number of hydrogen-bond acceptors (Lipinski definition) is 4. The highest BCUT2D eigenvalue weighted by atomic mass is 16.5. The van der Waals surface area contributed by atoms with Crippen LogP contribution in [0.15, 0.2) is 0 Å². The molecule has 0 aromatic heterocycles. The van der Waals surface area contributed by atoms with Crippen LogP contribution in [0.1, 0.15) is 32.1 Å². The lowest BCUT2D eigenvalue weighted by molar-refractivity contribution is -0.141. The molecule has 1 heterocycles. The van der Waals surface area contributed by atoms with Crippen molar-refractivity contribution in [3.63, 3.8) is 0 Å². The maximum Gasteiger partial charge on any atom is 0.305 e. The van der Waals surface area contributed by atoms with Gasteiger partial charge in [0.25, 0.3) is 0 Å². The molecule has 2 fully saturated rings. The van der Waals surface area contributed by atoms with E-state index in [0.717, 1.165) is 32.4 Å². The molecule has 1 saturated carbocycles. The van der Waals surface area contributed by atoms with Gasteiger partial charge < -0.3 is 15.0 Å². The highest BCUT2D eigenvalue weighted by molar-refractivity contribution is 5.82. The van der Waals surface area contributed by atoms with Crippen molar-refractivity contribution >= 4 is 11.9 Å². The number of esters is 1. The fourth-order valence-corrected chi connectivity index (χ4v) is 3.11. The second-order valence-electron chi connectivity index (χ2n) is 5.81. The van der Waals surface area contributed by atoms with Gasteiger partial charge in [0.2, 0.25) is 5.91 Å². The average Bonchev–Trinajstić information content (AvgIpc) is 3.11. The zero-order valence-corrected chi connectivity index (χ0v) is 11.9. The largest absolute Gasteiger partial charge is 0.469 e. The van der Waals surface area contributed by atoms with Crippen LogP contribution in [0.25, 0.3) is 0 Å². The van der Waals surface area contributed by atoms with Crippen LogP contribution in [-0.2, 0) is 14.3 Å². The predicted molar refractivity (Wildman–Crippen MR) is 71.5 cm³/mol. The van der Waals surface area contributed by atoms with Gasteiger partial charge in [-0.2, -0.15) is 0 Å². The van der Waals surface area contributed by atoms with Crippen LogP contribution < -0.4 is 5.32 Å². The summed E-state index contributed by atoms with van der Waals surface area (Å²) < 4.78 is 4.59. The summed E-state index contributed by atoms with van der Waals surface area (Å²) in [5.41, 5.74) is 0.291. The smallest absolute Gasteiger partial charge is 0.305 e. The number of ether oxygens (including phenoxy) is 1. The Bertz CT molecular complexity index is 351. The lowest BCUT2D eigenvalue weighted by atomic mass is 9.91. The fourth-order valence-electron chi connectivity index (χ4n) is 3.11. The van der Waals surface area contributed by atoms with E-state index in [4.69, 9.17) is 0 Å². The molecule has 1 atom stereocenters. The number of hydrogen-bond donors (Lipinski definition) is 1. The van der Waals surface area contributed by atoms with Crippen molar-refractivity contribution in [2.24, 2.45) is 11.3 Å². The van der Waals surface area contributed by atoms with Crippen molar-refractivity contribution < 1.29 is 14.3 Å². The van der Waals surface area contributed by atoms with E-state index in [-0.39, 0.29) is 17.8 Å². The summed E-state index contributed by atoms with van der Waals surface area (Å²) in [5, 5.41) is 3.35. The highest BCUT2D eigenvalue weighted by Crippen LogP contribution is 2.59. The number of amides is 1.